The van der Waals surface area contributed by atoms with Crippen LogP contribution in [0.15, 0.2) is 58.8 Å². The fourth-order valence-corrected chi connectivity index (χ4v) is 4.15. The van der Waals surface area contributed by atoms with Crippen LogP contribution in [0.25, 0.3) is 10.1 Å². The van der Waals surface area contributed by atoms with E-state index in [2.05, 4.69) is 5.32 Å². The van der Waals surface area contributed by atoms with Gasteiger partial charge in [0, 0.05) is 16.0 Å². The highest BCUT2D eigenvalue weighted by Crippen LogP contribution is 2.24. The van der Waals surface area contributed by atoms with Crippen molar-refractivity contribution in [3.8, 4) is 0 Å². The Kier molecular flexibility index (Phi) is 4.43. The van der Waals surface area contributed by atoms with E-state index in [0.29, 0.717) is 11.3 Å². The summed E-state index contributed by atoms with van der Waals surface area (Å²) in [6, 6.07) is 13.8. The molecule has 4 nitrogen and oxygen atoms in total. The number of rotatable bonds is 4. The number of benzene rings is 2. The van der Waals surface area contributed by atoms with Gasteiger partial charge in [-0.15, -0.1) is 11.3 Å². The predicted molar refractivity (Wildman–Crippen MR) is 98.5 cm³/mol. The molecule has 0 bridgehead atoms. The molecular formula is C18H17NO3S2. The molecule has 24 heavy (non-hydrogen) atoms. The molecule has 1 amide bonds. The van der Waals surface area contributed by atoms with Gasteiger partial charge in [0.15, 0.2) is 9.84 Å². The van der Waals surface area contributed by atoms with Crippen molar-refractivity contribution >= 4 is 42.9 Å². The van der Waals surface area contributed by atoms with Gasteiger partial charge in [-0.25, -0.2) is 8.42 Å². The van der Waals surface area contributed by atoms with Crippen LogP contribution in [-0.4, -0.2) is 19.6 Å². The van der Waals surface area contributed by atoms with Gasteiger partial charge in [0.1, 0.15) is 0 Å². The predicted octanol–water partition coefficient (Wildman–Crippen LogP) is 4.34. The summed E-state index contributed by atoms with van der Waals surface area (Å²) in [6.45, 7) is 3.27. The summed E-state index contributed by atoms with van der Waals surface area (Å²) < 4.78 is 25.4. The van der Waals surface area contributed by atoms with Crippen LogP contribution in [-0.2, 0) is 9.84 Å². The van der Waals surface area contributed by atoms with E-state index in [1.165, 1.54) is 24.3 Å². The Balaban J connectivity index is 1.80. The first-order valence-electron chi connectivity index (χ1n) is 7.50. The van der Waals surface area contributed by atoms with Gasteiger partial charge in [-0.1, -0.05) is 0 Å². The SMILES string of the molecule is CC(C)S(=O)(=O)c1ccc(C(=O)Nc2ccc3sccc3c2)cc1. The van der Waals surface area contributed by atoms with Gasteiger partial charge in [-0.2, -0.15) is 0 Å². The van der Waals surface area contributed by atoms with E-state index in [9.17, 15) is 13.2 Å². The molecule has 0 saturated carbocycles. The van der Waals surface area contributed by atoms with Crippen molar-refractivity contribution in [2.45, 2.75) is 24.0 Å². The summed E-state index contributed by atoms with van der Waals surface area (Å²) in [5, 5.41) is 5.43. The molecular weight excluding hydrogens is 342 g/mol. The number of amides is 1. The number of hydrogen-bond donors (Lipinski definition) is 1. The number of anilines is 1. The minimum absolute atomic E-state index is 0.230. The summed E-state index contributed by atoms with van der Waals surface area (Å²) in [7, 11) is -3.33. The normalized spacial score (nSPS) is 11.8. The summed E-state index contributed by atoms with van der Waals surface area (Å²) in [5.74, 6) is -0.266. The van der Waals surface area contributed by atoms with E-state index < -0.39 is 15.1 Å². The van der Waals surface area contributed by atoms with Crippen LogP contribution in [0.5, 0.6) is 0 Å². The number of sulfone groups is 1. The number of nitrogens with one attached hydrogen (secondary N) is 1. The van der Waals surface area contributed by atoms with Gasteiger partial charge in [-0.3, -0.25) is 4.79 Å². The molecule has 1 heterocycles. The highest BCUT2D eigenvalue weighted by atomic mass is 32.2. The van der Waals surface area contributed by atoms with Gasteiger partial charge in [0.05, 0.1) is 10.1 Å². The fourth-order valence-electron chi connectivity index (χ4n) is 2.32. The molecule has 0 aliphatic heterocycles. The maximum Gasteiger partial charge on any atom is 0.255 e. The highest BCUT2D eigenvalue weighted by Gasteiger charge is 2.19. The first-order chi connectivity index (χ1) is 11.4. The third kappa shape index (κ3) is 3.20. The number of hydrogen-bond acceptors (Lipinski definition) is 4. The van der Waals surface area contributed by atoms with Gasteiger partial charge in [0.2, 0.25) is 0 Å². The van der Waals surface area contributed by atoms with Crippen LogP contribution in [0.1, 0.15) is 24.2 Å². The molecule has 0 atom stereocenters. The number of carbonyl (C=O) groups is 1. The average molecular weight is 359 g/mol. The number of thiophene rings is 1. The monoisotopic (exact) mass is 359 g/mol. The molecule has 0 radical (unpaired) electrons. The van der Waals surface area contributed by atoms with E-state index in [1.807, 2.05) is 29.6 Å². The van der Waals surface area contributed by atoms with Gasteiger partial charge in [0.25, 0.3) is 5.91 Å². The molecule has 0 fully saturated rings. The maximum atomic E-state index is 12.3. The lowest BCUT2D eigenvalue weighted by molar-refractivity contribution is 0.102. The second kappa shape index (κ2) is 6.37. The Morgan fingerprint density at radius 1 is 1.04 bits per heavy atom. The van der Waals surface area contributed by atoms with Gasteiger partial charge in [-0.05, 0) is 73.1 Å². The van der Waals surface area contributed by atoms with Crippen molar-refractivity contribution < 1.29 is 13.2 Å². The first-order valence-corrected chi connectivity index (χ1v) is 9.93. The van der Waals surface area contributed by atoms with Crippen LogP contribution < -0.4 is 5.32 Å². The Hall–Kier alpha value is -2.18. The lowest BCUT2D eigenvalue weighted by atomic mass is 10.2. The fraction of sp³-hybridized carbons (Fsp3) is 0.167. The van der Waals surface area contributed by atoms with Crippen molar-refractivity contribution in [3.63, 3.8) is 0 Å². The lowest BCUT2D eigenvalue weighted by Crippen LogP contribution is -2.15. The molecule has 6 heteroatoms. The van der Waals surface area contributed by atoms with E-state index >= 15 is 0 Å². The minimum atomic E-state index is -3.33. The highest BCUT2D eigenvalue weighted by molar-refractivity contribution is 7.92. The third-order valence-corrected chi connectivity index (χ3v) is 6.84. The summed E-state index contributed by atoms with van der Waals surface area (Å²) in [4.78, 5) is 12.6. The molecule has 0 aliphatic rings. The molecule has 124 valence electrons. The Labute approximate surface area is 145 Å². The maximum absolute atomic E-state index is 12.3. The average Bonchev–Trinajstić information content (AvgIpc) is 3.02. The van der Waals surface area contributed by atoms with Crippen molar-refractivity contribution in [2.24, 2.45) is 0 Å². The van der Waals surface area contributed by atoms with Crippen molar-refractivity contribution in [1.29, 1.82) is 0 Å². The molecule has 2 aromatic carbocycles. The van der Waals surface area contributed by atoms with Crippen LogP contribution in [0.3, 0.4) is 0 Å². The second-order valence-electron chi connectivity index (χ2n) is 5.75. The molecule has 3 rings (SSSR count). The number of carbonyl (C=O) groups excluding carboxylic acids is 1. The van der Waals surface area contributed by atoms with Crippen molar-refractivity contribution in [2.75, 3.05) is 5.32 Å². The number of fused-ring (bicyclic) bond motifs is 1. The summed E-state index contributed by atoms with van der Waals surface area (Å²) in [5.41, 5.74) is 1.13. The molecule has 1 aromatic heterocycles. The quantitative estimate of drug-likeness (QED) is 0.754. The van der Waals surface area contributed by atoms with Crippen LogP contribution in [0.2, 0.25) is 0 Å². The molecule has 0 saturated heterocycles. The van der Waals surface area contributed by atoms with Gasteiger partial charge < -0.3 is 5.32 Å². The van der Waals surface area contributed by atoms with Crippen molar-refractivity contribution in [3.05, 3.63) is 59.5 Å². The van der Waals surface area contributed by atoms with E-state index in [4.69, 9.17) is 0 Å². The largest absolute Gasteiger partial charge is 0.322 e. The van der Waals surface area contributed by atoms with Crippen molar-refractivity contribution in [1.82, 2.24) is 0 Å². The first kappa shape index (κ1) is 16.7. The van der Waals surface area contributed by atoms with Crippen LogP contribution in [0, 0.1) is 0 Å². The zero-order valence-corrected chi connectivity index (χ0v) is 14.9. The second-order valence-corrected chi connectivity index (χ2v) is 9.20. The topological polar surface area (TPSA) is 63.2 Å². The Bertz CT molecular complexity index is 987. The Morgan fingerprint density at radius 2 is 1.75 bits per heavy atom. The lowest BCUT2D eigenvalue weighted by Gasteiger charge is -2.09. The standard InChI is InChI=1S/C18H17NO3S2/c1-12(2)24(21,22)16-6-3-13(4-7-16)18(20)19-15-5-8-17-14(11-15)9-10-23-17/h3-12H,1-2H3,(H,19,20). The Morgan fingerprint density at radius 3 is 2.42 bits per heavy atom. The zero-order chi connectivity index (χ0) is 17.3. The molecule has 3 aromatic rings. The molecule has 0 spiro atoms. The molecule has 1 N–H and O–H groups in total. The smallest absolute Gasteiger partial charge is 0.255 e. The van der Waals surface area contributed by atoms with Crippen LogP contribution >= 0.6 is 11.3 Å². The minimum Gasteiger partial charge on any atom is -0.322 e. The van der Waals surface area contributed by atoms with E-state index in [1.54, 1.807) is 25.2 Å². The molecule has 0 aliphatic carbocycles. The zero-order valence-electron chi connectivity index (χ0n) is 13.3. The molecule has 0 unspecified atom stereocenters. The van der Waals surface area contributed by atoms with E-state index in [0.717, 1.165) is 10.1 Å². The third-order valence-electron chi connectivity index (χ3n) is 3.78. The van der Waals surface area contributed by atoms with E-state index in [-0.39, 0.29) is 10.8 Å². The van der Waals surface area contributed by atoms with Gasteiger partial charge >= 0.3 is 0 Å². The van der Waals surface area contributed by atoms with Crippen LogP contribution in [0.4, 0.5) is 5.69 Å². The summed E-state index contributed by atoms with van der Waals surface area (Å²) in [6.07, 6.45) is 0. The summed E-state index contributed by atoms with van der Waals surface area (Å²) >= 11 is 1.65.